The summed E-state index contributed by atoms with van der Waals surface area (Å²) >= 11 is 0. The Morgan fingerprint density at radius 2 is 1.97 bits per heavy atom. The van der Waals surface area contributed by atoms with Crippen molar-refractivity contribution in [1.82, 2.24) is 24.3 Å². The van der Waals surface area contributed by atoms with Crippen molar-refractivity contribution in [3.63, 3.8) is 0 Å². The average molecular weight is 494 g/mol. The summed E-state index contributed by atoms with van der Waals surface area (Å²) in [5.74, 6) is 0.516. The fourth-order valence-corrected chi connectivity index (χ4v) is 5.69. The molecule has 0 radical (unpaired) electrons. The predicted molar refractivity (Wildman–Crippen MR) is 142 cm³/mol. The summed E-state index contributed by atoms with van der Waals surface area (Å²) in [7, 11) is 5.62. The minimum absolute atomic E-state index is 0.0454. The van der Waals surface area contributed by atoms with Crippen LogP contribution in [-0.2, 0) is 5.54 Å². The lowest BCUT2D eigenvalue weighted by Gasteiger charge is -2.50. The number of anilines is 3. The van der Waals surface area contributed by atoms with Crippen molar-refractivity contribution < 1.29 is 9.18 Å². The van der Waals surface area contributed by atoms with E-state index in [1.807, 2.05) is 18.2 Å². The summed E-state index contributed by atoms with van der Waals surface area (Å²) < 4.78 is 17.2. The second-order valence-corrected chi connectivity index (χ2v) is 10.5. The van der Waals surface area contributed by atoms with Crippen LogP contribution in [-0.4, -0.2) is 77.6 Å². The van der Waals surface area contributed by atoms with Crippen LogP contribution in [0.1, 0.15) is 43.6 Å². The number of halogens is 1. The van der Waals surface area contributed by atoms with Crippen LogP contribution in [0.15, 0.2) is 30.5 Å². The van der Waals surface area contributed by atoms with E-state index in [0.717, 1.165) is 56.5 Å². The van der Waals surface area contributed by atoms with Crippen molar-refractivity contribution >= 4 is 34.3 Å². The van der Waals surface area contributed by atoms with Gasteiger partial charge >= 0.3 is 0 Å². The van der Waals surface area contributed by atoms with E-state index in [4.69, 9.17) is 4.98 Å². The Balaban J connectivity index is 1.49. The van der Waals surface area contributed by atoms with Gasteiger partial charge in [-0.2, -0.15) is 4.98 Å². The zero-order valence-electron chi connectivity index (χ0n) is 21.9. The number of aromatic nitrogens is 3. The highest BCUT2D eigenvalue weighted by molar-refractivity contribution is 5.98. The van der Waals surface area contributed by atoms with Crippen LogP contribution in [0.4, 0.5) is 21.7 Å². The highest BCUT2D eigenvalue weighted by Crippen LogP contribution is 2.49. The van der Waals surface area contributed by atoms with Gasteiger partial charge in [0.05, 0.1) is 5.69 Å². The SMILES string of the molecule is CCC1(n2c(C(=O)N(C)C)cc3cnc(Nc4ccc(N5CCN(C)CC5)c(F)c4)nc32)CC[C@H]1C. The van der Waals surface area contributed by atoms with E-state index < -0.39 is 0 Å². The van der Waals surface area contributed by atoms with Gasteiger partial charge in [0.15, 0.2) is 0 Å². The van der Waals surface area contributed by atoms with Crippen LogP contribution in [0.5, 0.6) is 0 Å². The predicted octanol–water partition coefficient (Wildman–Crippen LogP) is 4.30. The van der Waals surface area contributed by atoms with Gasteiger partial charge in [-0.05, 0) is 56.5 Å². The number of hydrogen-bond acceptors (Lipinski definition) is 6. The Hall–Kier alpha value is -3.20. The molecule has 0 bridgehead atoms. The highest BCUT2D eigenvalue weighted by atomic mass is 19.1. The summed E-state index contributed by atoms with van der Waals surface area (Å²) in [6, 6.07) is 7.09. The number of piperazine rings is 1. The Kier molecular flexibility index (Phi) is 6.36. The molecule has 36 heavy (non-hydrogen) atoms. The number of nitrogens with one attached hydrogen (secondary N) is 1. The molecule has 192 valence electrons. The third kappa shape index (κ3) is 4.09. The van der Waals surface area contributed by atoms with Gasteiger partial charge in [-0.3, -0.25) is 4.79 Å². The van der Waals surface area contributed by atoms with E-state index in [-0.39, 0.29) is 17.3 Å². The minimum Gasteiger partial charge on any atom is -0.367 e. The summed E-state index contributed by atoms with van der Waals surface area (Å²) in [4.78, 5) is 28.4. The van der Waals surface area contributed by atoms with Crippen molar-refractivity contribution in [2.45, 2.75) is 38.6 Å². The Morgan fingerprint density at radius 1 is 1.22 bits per heavy atom. The second kappa shape index (κ2) is 9.35. The summed E-state index contributed by atoms with van der Waals surface area (Å²) in [5, 5.41) is 4.01. The molecule has 1 unspecified atom stereocenters. The lowest BCUT2D eigenvalue weighted by molar-refractivity contribution is 0.0488. The second-order valence-electron chi connectivity index (χ2n) is 10.5. The van der Waals surface area contributed by atoms with Gasteiger partial charge in [0.2, 0.25) is 5.95 Å². The third-order valence-corrected chi connectivity index (χ3v) is 8.20. The lowest BCUT2D eigenvalue weighted by Crippen LogP contribution is -2.49. The molecule has 9 heteroatoms. The molecule has 1 N–H and O–H groups in total. The minimum atomic E-state index is -0.263. The molecular weight excluding hydrogens is 457 g/mol. The smallest absolute Gasteiger partial charge is 0.270 e. The van der Waals surface area contributed by atoms with E-state index in [1.54, 1.807) is 25.2 Å². The van der Waals surface area contributed by atoms with E-state index in [1.165, 1.54) is 6.07 Å². The van der Waals surface area contributed by atoms with Gasteiger partial charge in [0, 0.05) is 63.1 Å². The first-order chi connectivity index (χ1) is 17.2. The molecule has 3 aromatic rings. The Morgan fingerprint density at radius 3 is 2.56 bits per heavy atom. The van der Waals surface area contributed by atoms with E-state index in [9.17, 15) is 4.79 Å². The van der Waals surface area contributed by atoms with Crippen molar-refractivity contribution in [2.24, 2.45) is 5.92 Å². The fraction of sp³-hybridized carbons (Fsp3) is 0.519. The van der Waals surface area contributed by atoms with Crippen molar-refractivity contribution in [2.75, 3.05) is 57.5 Å². The monoisotopic (exact) mass is 493 g/mol. The normalized spacial score (nSPS) is 22.5. The van der Waals surface area contributed by atoms with Crippen LogP contribution >= 0.6 is 0 Å². The maximum atomic E-state index is 15.0. The van der Waals surface area contributed by atoms with Gasteiger partial charge in [0.1, 0.15) is 17.2 Å². The quantitative estimate of drug-likeness (QED) is 0.552. The third-order valence-electron chi connectivity index (χ3n) is 8.20. The number of hydrogen-bond donors (Lipinski definition) is 1. The van der Waals surface area contributed by atoms with Crippen LogP contribution in [0.2, 0.25) is 0 Å². The number of carbonyl (C=O) groups is 1. The van der Waals surface area contributed by atoms with Gasteiger partial charge in [-0.1, -0.05) is 13.8 Å². The first kappa shape index (κ1) is 24.5. The van der Waals surface area contributed by atoms with Gasteiger partial charge in [0.25, 0.3) is 5.91 Å². The molecule has 2 aromatic heterocycles. The highest BCUT2D eigenvalue weighted by Gasteiger charge is 2.46. The topological polar surface area (TPSA) is 69.5 Å². The maximum Gasteiger partial charge on any atom is 0.270 e. The molecule has 2 atom stereocenters. The van der Waals surface area contributed by atoms with Gasteiger partial charge < -0.3 is 24.6 Å². The number of carbonyl (C=O) groups excluding carboxylic acids is 1. The number of nitrogens with zero attached hydrogens (tertiary/aromatic N) is 6. The number of rotatable bonds is 6. The molecule has 5 rings (SSSR count). The lowest BCUT2D eigenvalue weighted by atomic mass is 9.65. The molecule has 1 aliphatic heterocycles. The maximum absolute atomic E-state index is 15.0. The Labute approximate surface area is 212 Å². The molecule has 1 aromatic carbocycles. The van der Waals surface area contributed by atoms with Crippen molar-refractivity contribution in [1.29, 1.82) is 0 Å². The summed E-state index contributed by atoms with van der Waals surface area (Å²) in [5.41, 5.74) is 2.44. The number of benzene rings is 1. The van der Waals surface area contributed by atoms with Crippen LogP contribution in [0.25, 0.3) is 11.0 Å². The molecule has 3 heterocycles. The van der Waals surface area contributed by atoms with E-state index in [2.05, 4.69) is 45.6 Å². The molecular formula is C27H36FN7O. The standard InChI is InChI=1S/C27H36FN7O/c1-6-27(10-9-18(27)2)35-23(25(36)32(3)4)15-19-17-29-26(31-24(19)35)30-20-7-8-22(21(28)16-20)34-13-11-33(5)12-14-34/h7-8,15-18H,6,9-14H2,1-5H3,(H,29,30,31)/t18-,27?/m1/s1. The van der Waals surface area contributed by atoms with E-state index in [0.29, 0.717) is 28.9 Å². The molecule has 1 aliphatic carbocycles. The molecule has 1 saturated carbocycles. The first-order valence-corrected chi connectivity index (χ1v) is 12.8. The molecule has 0 spiro atoms. The number of likely N-dealkylation sites (N-methyl/N-ethyl adjacent to an activating group) is 1. The zero-order chi connectivity index (χ0) is 25.6. The molecule has 1 saturated heterocycles. The van der Waals surface area contributed by atoms with Crippen LogP contribution < -0.4 is 10.2 Å². The molecule has 8 nitrogen and oxygen atoms in total. The fourth-order valence-electron chi connectivity index (χ4n) is 5.69. The van der Waals surface area contributed by atoms with E-state index >= 15 is 4.39 Å². The van der Waals surface area contributed by atoms with Crippen molar-refractivity contribution in [3.8, 4) is 0 Å². The van der Waals surface area contributed by atoms with Crippen LogP contribution in [0.3, 0.4) is 0 Å². The number of fused-ring (bicyclic) bond motifs is 1. The summed E-state index contributed by atoms with van der Waals surface area (Å²) in [6.45, 7) is 7.88. The molecule has 1 amide bonds. The van der Waals surface area contributed by atoms with Crippen LogP contribution in [0, 0.1) is 11.7 Å². The average Bonchev–Trinajstić information content (AvgIpc) is 3.23. The summed E-state index contributed by atoms with van der Waals surface area (Å²) in [6.07, 6.45) is 4.79. The first-order valence-electron chi connectivity index (χ1n) is 12.8. The molecule has 2 aliphatic rings. The number of amides is 1. The van der Waals surface area contributed by atoms with Gasteiger partial charge in [-0.15, -0.1) is 0 Å². The van der Waals surface area contributed by atoms with Crippen molar-refractivity contribution in [3.05, 3.63) is 42.0 Å². The molecule has 2 fully saturated rings. The van der Waals surface area contributed by atoms with Gasteiger partial charge in [-0.25, -0.2) is 9.37 Å². The zero-order valence-corrected chi connectivity index (χ0v) is 21.9. The Bertz CT molecular complexity index is 1280. The largest absolute Gasteiger partial charge is 0.367 e.